The van der Waals surface area contributed by atoms with Crippen LogP contribution in [-0.2, 0) is 5.54 Å². The van der Waals surface area contributed by atoms with Gasteiger partial charge in [0.15, 0.2) is 0 Å². The number of hydrogen-bond acceptors (Lipinski definition) is 3. The summed E-state index contributed by atoms with van der Waals surface area (Å²) in [6, 6.07) is 11.0. The Labute approximate surface area is 121 Å². The molecular weight excluding hydrogens is 281 g/mol. The predicted octanol–water partition coefficient (Wildman–Crippen LogP) is 4.24. The lowest BCUT2D eigenvalue weighted by Crippen LogP contribution is -2.30. The topological polar surface area (TPSA) is 48.7 Å². The summed E-state index contributed by atoms with van der Waals surface area (Å²) in [5, 5.41) is 13.6. The third-order valence-corrected chi connectivity index (χ3v) is 3.33. The zero-order valence-electron chi connectivity index (χ0n) is 10.2. The number of benzene rings is 1. The first-order chi connectivity index (χ1) is 9.05. The van der Waals surface area contributed by atoms with Crippen molar-refractivity contribution in [2.24, 2.45) is 0 Å². The Balaban J connectivity index is 2.37. The lowest BCUT2D eigenvalue weighted by Gasteiger charge is -2.25. The molecule has 1 aromatic heterocycles. The van der Waals surface area contributed by atoms with Gasteiger partial charge in [0.1, 0.15) is 5.54 Å². The molecule has 1 unspecified atom stereocenters. The van der Waals surface area contributed by atoms with Crippen LogP contribution < -0.4 is 5.32 Å². The maximum Gasteiger partial charge on any atom is 0.149 e. The number of nitrogens with zero attached hydrogens (tertiary/aromatic N) is 2. The summed E-state index contributed by atoms with van der Waals surface area (Å²) < 4.78 is 0. The van der Waals surface area contributed by atoms with Crippen LogP contribution >= 0.6 is 23.2 Å². The Kier molecular flexibility index (Phi) is 3.94. The molecule has 1 atom stereocenters. The molecule has 0 radical (unpaired) electrons. The van der Waals surface area contributed by atoms with Gasteiger partial charge < -0.3 is 5.32 Å². The van der Waals surface area contributed by atoms with Crippen molar-refractivity contribution in [3.05, 3.63) is 58.3 Å². The van der Waals surface area contributed by atoms with E-state index in [0.717, 1.165) is 5.56 Å². The number of anilines is 1. The molecule has 1 heterocycles. The number of halogens is 2. The summed E-state index contributed by atoms with van der Waals surface area (Å²) in [4.78, 5) is 4.03. The van der Waals surface area contributed by atoms with E-state index in [9.17, 15) is 5.26 Å². The number of nitrogens with one attached hydrogen (secondary N) is 1. The molecule has 0 bridgehead atoms. The second-order valence-electron chi connectivity index (χ2n) is 4.23. The van der Waals surface area contributed by atoms with Gasteiger partial charge in [-0.05, 0) is 31.2 Å². The number of aromatic nitrogens is 1. The lowest BCUT2D eigenvalue weighted by atomic mass is 9.95. The van der Waals surface area contributed by atoms with Crippen molar-refractivity contribution in [3.63, 3.8) is 0 Å². The third kappa shape index (κ3) is 2.98. The summed E-state index contributed by atoms with van der Waals surface area (Å²) >= 11 is 12.0. The smallest absolute Gasteiger partial charge is 0.149 e. The molecule has 5 heteroatoms. The van der Waals surface area contributed by atoms with Gasteiger partial charge in [0.2, 0.25) is 0 Å². The van der Waals surface area contributed by atoms with E-state index in [-0.39, 0.29) is 0 Å². The van der Waals surface area contributed by atoms with Crippen LogP contribution in [0.2, 0.25) is 10.0 Å². The normalized spacial score (nSPS) is 13.4. The van der Waals surface area contributed by atoms with Crippen molar-refractivity contribution in [2.45, 2.75) is 12.5 Å². The fourth-order valence-corrected chi connectivity index (χ4v) is 2.14. The highest BCUT2D eigenvalue weighted by atomic mass is 35.5. The highest BCUT2D eigenvalue weighted by molar-refractivity contribution is 6.36. The molecule has 0 saturated carbocycles. The Bertz CT molecular complexity index is 622. The van der Waals surface area contributed by atoms with Crippen molar-refractivity contribution in [2.75, 3.05) is 5.32 Å². The summed E-state index contributed by atoms with van der Waals surface area (Å²) in [6.07, 6.45) is 3.32. The Morgan fingerprint density at radius 3 is 2.68 bits per heavy atom. The molecule has 3 nitrogen and oxygen atoms in total. The van der Waals surface area contributed by atoms with E-state index in [1.54, 1.807) is 43.6 Å². The first kappa shape index (κ1) is 13.7. The second kappa shape index (κ2) is 5.48. The van der Waals surface area contributed by atoms with E-state index in [2.05, 4.69) is 16.4 Å². The number of pyridine rings is 1. The van der Waals surface area contributed by atoms with Gasteiger partial charge in [0, 0.05) is 23.0 Å². The maximum absolute atomic E-state index is 9.44. The van der Waals surface area contributed by atoms with E-state index in [0.29, 0.717) is 15.7 Å². The zero-order chi connectivity index (χ0) is 13.9. The zero-order valence-corrected chi connectivity index (χ0v) is 11.7. The van der Waals surface area contributed by atoms with E-state index >= 15 is 0 Å². The highest BCUT2D eigenvalue weighted by Gasteiger charge is 2.27. The van der Waals surface area contributed by atoms with Crippen LogP contribution in [0.1, 0.15) is 12.5 Å². The van der Waals surface area contributed by atoms with Crippen LogP contribution in [0, 0.1) is 11.3 Å². The molecule has 0 saturated heterocycles. The van der Waals surface area contributed by atoms with Gasteiger partial charge in [-0.1, -0.05) is 29.3 Å². The van der Waals surface area contributed by atoms with Crippen molar-refractivity contribution in [1.29, 1.82) is 5.26 Å². The highest BCUT2D eigenvalue weighted by Crippen LogP contribution is 2.31. The number of hydrogen-bond donors (Lipinski definition) is 1. The maximum atomic E-state index is 9.44. The minimum Gasteiger partial charge on any atom is -0.363 e. The second-order valence-corrected chi connectivity index (χ2v) is 5.07. The molecule has 19 heavy (non-hydrogen) atoms. The quantitative estimate of drug-likeness (QED) is 0.920. The van der Waals surface area contributed by atoms with Crippen LogP contribution in [0.15, 0.2) is 42.7 Å². The van der Waals surface area contributed by atoms with Crippen molar-refractivity contribution >= 4 is 28.9 Å². The molecule has 1 N–H and O–H groups in total. The van der Waals surface area contributed by atoms with Gasteiger partial charge in [0.25, 0.3) is 0 Å². The summed E-state index contributed by atoms with van der Waals surface area (Å²) in [5.41, 5.74) is 0.508. The van der Waals surface area contributed by atoms with E-state index in [1.807, 2.05) is 6.07 Å². The first-order valence-corrected chi connectivity index (χ1v) is 6.36. The SMILES string of the molecule is CC(C#N)(Nc1ccc(Cl)cc1Cl)c1cccnc1. The van der Waals surface area contributed by atoms with Gasteiger partial charge in [-0.15, -0.1) is 0 Å². The predicted molar refractivity (Wildman–Crippen MR) is 77.3 cm³/mol. The van der Waals surface area contributed by atoms with Crippen molar-refractivity contribution in [1.82, 2.24) is 4.98 Å². The fraction of sp³-hybridized carbons (Fsp3) is 0.143. The van der Waals surface area contributed by atoms with E-state index < -0.39 is 5.54 Å². The first-order valence-electron chi connectivity index (χ1n) is 5.60. The monoisotopic (exact) mass is 291 g/mol. The van der Waals surface area contributed by atoms with Crippen LogP contribution in [0.4, 0.5) is 5.69 Å². The number of nitriles is 1. The minimum absolute atomic E-state index is 0.470. The molecular formula is C14H11Cl2N3. The minimum atomic E-state index is -0.911. The van der Waals surface area contributed by atoms with Gasteiger partial charge >= 0.3 is 0 Å². The molecule has 0 aliphatic carbocycles. The fourth-order valence-electron chi connectivity index (χ4n) is 1.68. The summed E-state index contributed by atoms with van der Waals surface area (Å²) in [5.74, 6) is 0. The largest absolute Gasteiger partial charge is 0.363 e. The van der Waals surface area contributed by atoms with Crippen molar-refractivity contribution < 1.29 is 0 Å². The Hall–Kier alpha value is -1.76. The van der Waals surface area contributed by atoms with Gasteiger partial charge in [-0.3, -0.25) is 4.98 Å². The molecule has 0 aliphatic heterocycles. The summed E-state index contributed by atoms with van der Waals surface area (Å²) in [6.45, 7) is 1.77. The van der Waals surface area contributed by atoms with Gasteiger partial charge in [0.05, 0.1) is 16.8 Å². The molecule has 0 aliphatic rings. The van der Waals surface area contributed by atoms with Crippen LogP contribution in [0.25, 0.3) is 0 Å². The average molecular weight is 292 g/mol. The van der Waals surface area contributed by atoms with E-state index in [4.69, 9.17) is 23.2 Å². The Morgan fingerprint density at radius 2 is 2.11 bits per heavy atom. The van der Waals surface area contributed by atoms with Gasteiger partial charge in [-0.25, -0.2) is 0 Å². The molecule has 2 rings (SSSR count). The molecule has 0 amide bonds. The molecule has 0 spiro atoms. The third-order valence-electron chi connectivity index (χ3n) is 2.78. The van der Waals surface area contributed by atoms with E-state index in [1.165, 1.54) is 0 Å². The van der Waals surface area contributed by atoms with Crippen molar-refractivity contribution in [3.8, 4) is 6.07 Å². The number of rotatable bonds is 3. The molecule has 1 aromatic carbocycles. The molecule has 2 aromatic rings. The Morgan fingerprint density at radius 1 is 1.32 bits per heavy atom. The van der Waals surface area contributed by atoms with Crippen LogP contribution in [-0.4, -0.2) is 4.98 Å². The average Bonchev–Trinajstić information content (AvgIpc) is 2.43. The lowest BCUT2D eigenvalue weighted by molar-refractivity contribution is 0.702. The molecule has 96 valence electrons. The summed E-state index contributed by atoms with van der Waals surface area (Å²) in [7, 11) is 0. The van der Waals surface area contributed by atoms with Crippen LogP contribution in [0.5, 0.6) is 0 Å². The molecule has 0 fully saturated rings. The standard InChI is InChI=1S/C14H11Cl2N3/c1-14(9-17,10-3-2-6-18-8-10)19-13-5-4-11(15)7-12(13)16/h2-8,19H,1H3. The van der Waals surface area contributed by atoms with Crippen LogP contribution in [0.3, 0.4) is 0 Å². The van der Waals surface area contributed by atoms with Gasteiger partial charge in [-0.2, -0.15) is 5.26 Å².